The van der Waals surface area contributed by atoms with Gasteiger partial charge in [-0.3, -0.25) is 0 Å². The molecule has 0 heterocycles. The van der Waals surface area contributed by atoms with Crippen LogP contribution in [-0.4, -0.2) is 112 Å². The fraction of sp³-hybridized carbons (Fsp3) is 0.500. The molecule has 0 amide bonds. The zero-order chi connectivity index (χ0) is 13.6. The van der Waals surface area contributed by atoms with Gasteiger partial charge in [0.15, 0.2) is 0 Å². The standard InChI is InChI=1S/C8H10O9.2Ca.2Na.2H/c9-5(10)1-3(7(13)14)17-4(8(15)16)2-6(11)12;;;;;;/h3-4H,1-2H2,(H,9,10)(H,11,12)(H,13,14)(H,15,16);;;;;;/q;2*+2;2*+1;2*-1/p-4. The first-order valence-electron chi connectivity index (χ1n) is 4.21. The van der Waals surface area contributed by atoms with Crippen molar-refractivity contribution < 1.29 is 106 Å². The summed E-state index contributed by atoms with van der Waals surface area (Å²) in [7, 11) is 0. The van der Waals surface area contributed by atoms with Crippen molar-refractivity contribution in [2.75, 3.05) is 0 Å². The van der Waals surface area contributed by atoms with Crippen LogP contribution in [0.3, 0.4) is 0 Å². The molecule has 13 heteroatoms. The van der Waals surface area contributed by atoms with Crippen molar-refractivity contribution in [2.45, 2.75) is 25.0 Å². The Kier molecular flexibility index (Phi) is 30.8. The largest absolute Gasteiger partial charge is 2.00 e. The molecule has 0 N–H and O–H groups in total. The quantitative estimate of drug-likeness (QED) is 0.374. The Labute approximate surface area is 226 Å². The van der Waals surface area contributed by atoms with Gasteiger partial charge >= 0.3 is 135 Å². The van der Waals surface area contributed by atoms with E-state index in [2.05, 4.69) is 4.74 Å². The molecule has 100 valence electrons. The number of aliphatic carboxylic acids is 4. The molecular weight excluding hydrogens is 366 g/mol. The summed E-state index contributed by atoms with van der Waals surface area (Å²) in [5.74, 6) is -7.69. The Morgan fingerprint density at radius 1 is 0.762 bits per heavy atom. The van der Waals surface area contributed by atoms with Gasteiger partial charge in [0.2, 0.25) is 0 Å². The van der Waals surface area contributed by atoms with Crippen molar-refractivity contribution in [3.8, 4) is 0 Å². The summed E-state index contributed by atoms with van der Waals surface area (Å²) in [6, 6.07) is 0. The SMILES string of the molecule is O=C([O-])CC(OC(CC(=O)[O-])C(=O)[O-])C(=O)[O-].[Ca+2].[Ca+2].[H-].[H-].[Na+].[Na+]. The van der Waals surface area contributed by atoms with Crippen molar-refractivity contribution in [3.63, 3.8) is 0 Å². The molecule has 0 aromatic heterocycles. The van der Waals surface area contributed by atoms with Crippen LogP contribution >= 0.6 is 0 Å². The van der Waals surface area contributed by atoms with E-state index in [0.717, 1.165) is 0 Å². The fourth-order valence-electron chi connectivity index (χ4n) is 0.875. The summed E-state index contributed by atoms with van der Waals surface area (Å²) in [5.41, 5.74) is 0. The Hall–Kier alpha value is 2.36. The van der Waals surface area contributed by atoms with Gasteiger partial charge in [0.1, 0.15) is 12.2 Å². The summed E-state index contributed by atoms with van der Waals surface area (Å²) in [6.45, 7) is 0. The van der Waals surface area contributed by atoms with E-state index in [1.165, 1.54) is 0 Å². The number of hydrogen-bond acceptors (Lipinski definition) is 9. The van der Waals surface area contributed by atoms with Crippen LogP contribution in [0.5, 0.6) is 0 Å². The van der Waals surface area contributed by atoms with E-state index in [-0.39, 0.29) is 137 Å². The molecule has 0 aromatic rings. The van der Waals surface area contributed by atoms with Gasteiger partial charge in [0.05, 0.1) is 11.9 Å². The normalized spacial score (nSPS) is 11.0. The molecule has 0 saturated heterocycles. The monoisotopic (exact) mass is 374 g/mol. The number of carboxylic acids is 4. The summed E-state index contributed by atoms with van der Waals surface area (Å²) < 4.78 is 4.23. The van der Waals surface area contributed by atoms with Crippen LogP contribution < -0.4 is 79.5 Å². The van der Waals surface area contributed by atoms with Crippen molar-refractivity contribution in [1.82, 2.24) is 0 Å². The predicted molar refractivity (Wildman–Crippen MR) is 51.7 cm³/mol. The van der Waals surface area contributed by atoms with Crippen LogP contribution in [0.2, 0.25) is 0 Å². The van der Waals surface area contributed by atoms with E-state index in [1.54, 1.807) is 0 Å². The molecule has 2 atom stereocenters. The zero-order valence-corrected chi connectivity index (χ0v) is 20.1. The maximum absolute atomic E-state index is 10.4. The second kappa shape index (κ2) is 18.7. The van der Waals surface area contributed by atoms with E-state index < -0.39 is 48.9 Å². The van der Waals surface area contributed by atoms with E-state index in [1.807, 2.05) is 0 Å². The first-order chi connectivity index (χ1) is 7.73. The van der Waals surface area contributed by atoms with Crippen molar-refractivity contribution in [3.05, 3.63) is 0 Å². The maximum Gasteiger partial charge on any atom is 2.00 e. The number of ether oxygens (including phenoxy) is 1. The minimum atomic E-state index is -2.15. The number of carbonyl (C=O) groups excluding carboxylic acids is 4. The van der Waals surface area contributed by atoms with Gasteiger partial charge in [0.25, 0.3) is 0 Å². The van der Waals surface area contributed by atoms with Crippen LogP contribution in [-0.2, 0) is 23.9 Å². The van der Waals surface area contributed by atoms with Crippen LogP contribution in [0.1, 0.15) is 15.7 Å². The molecule has 0 fully saturated rings. The Morgan fingerprint density at radius 2 is 1.00 bits per heavy atom. The molecule has 0 rings (SSSR count). The molecule has 0 radical (unpaired) electrons. The Bertz CT molecular complexity index is 330. The Morgan fingerprint density at radius 3 is 1.14 bits per heavy atom. The number of rotatable bonds is 8. The predicted octanol–water partition coefficient (Wildman–Crippen LogP) is -13.0. The molecular formula is C8H8Ca2Na2O9. The topological polar surface area (TPSA) is 170 Å². The second-order valence-electron chi connectivity index (χ2n) is 2.90. The van der Waals surface area contributed by atoms with Gasteiger partial charge in [-0.15, -0.1) is 0 Å². The molecule has 9 nitrogen and oxygen atoms in total. The molecule has 0 bridgehead atoms. The maximum atomic E-state index is 10.4. The second-order valence-corrected chi connectivity index (χ2v) is 2.90. The van der Waals surface area contributed by atoms with Crippen LogP contribution in [0.15, 0.2) is 0 Å². The van der Waals surface area contributed by atoms with Gasteiger partial charge in [0, 0.05) is 24.8 Å². The molecule has 0 saturated carbocycles. The van der Waals surface area contributed by atoms with Gasteiger partial charge in [-0.05, 0) is 0 Å². The molecule has 2 unspecified atom stereocenters. The van der Waals surface area contributed by atoms with E-state index >= 15 is 0 Å². The third kappa shape index (κ3) is 18.5. The molecule has 21 heavy (non-hydrogen) atoms. The van der Waals surface area contributed by atoms with E-state index in [9.17, 15) is 39.6 Å². The number of carboxylic acid groups (broad SMARTS) is 4. The minimum Gasteiger partial charge on any atom is -1.00 e. The zero-order valence-electron chi connectivity index (χ0n) is 13.7. The molecule has 0 aromatic carbocycles. The average Bonchev–Trinajstić information content (AvgIpc) is 2.13. The van der Waals surface area contributed by atoms with Gasteiger partial charge in [-0.1, -0.05) is 0 Å². The molecule has 0 aliphatic rings. The van der Waals surface area contributed by atoms with E-state index in [4.69, 9.17) is 0 Å². The molecule has 0 aliphatic carbocycles. The summed E-state index contributed by atoms with van der Waals surface area (Å²) in [6.07, 6.45) is -6.66. The van der Waals surface area contributed by atoms with Crippen LogP contribution in [0.25, 0.3) is 0 Å². The first-order valence-corrected chi connectivity index (χ1v) is 4.21. The van der Waals surface area contributed by atoms with Crippen molar-refractivity contribution in [1.29, 1.82) is 0 Å². The average molecular weight is 374 g/mol. The molecule has 0 aliphatic heterocycles. The summed E-state index contributed by atoms with van der Waals surface area (Å²) >= 11 is 0. The van der Waals surface area contributed by atoms with Gasteiger partial charge < -0.3 is 47.2 Å². The summed E-state index contributed by atoms with van der Waals surface area (Å²) in [5, 5.41) is 41.0. The van der Waals surface area contributed by atoms with Gasteiger partial charge in [-0.25, -0.2) is 0 Å². The number of carbonyl (C=O) groups is 4. The third-order valence-corrected chi connectivity index (χ3v) is 1.56. The minimum absolute atomic E-state index is 0. The number of hydrogen-bond donors (Lipinski definition) is 0. The molecule has 0 spiro atoms. The van der Waals surface area contributed by atoms with Crippen molar-refractivity contribution in [2.24, 2.45) is 0 Å². The van der Waals surface area contributed by atoms with Crippen molar-refractivity contribution >= 4 is 99.4 Å². The van der Waals surface area contributed by atoms with Gasteiger partial charge in [-0.2, -0.15) is 0 Å². The Balaban J connectivity index is -0.0000000853. The smallest absolute Gasteiger partial charge is 1.00 e. The van der Waals surface area contributed by atoms with E-state index in [0.29, 0.717) is 0 Å². The first kappa shape index (κ1) is 34.6. The third-order valence-electron chi connectivity index (χ3n) is 1.56. The fourth-order valence-corrected chi connectivity index (χ4v) is 0.875. The van der Waals surface area contributed by atoms with Crippen LogP contribution in [0.4, 0.5) is 0 Å². The van der Waals surface area contributed by atoms with Crippen LogP contribution in [0, 0.1) is 0 Å². The summed E-state index contributed by atoms with van der Waals surface area (Å²) in [4.78, 5) is 41.0.